The highest BCUT2D eigenvalue weighted by molar-refractivity contribution is 6.32. The third-order valence-corrected chi connectivity index (χ3v) is 8.02. The van der Waals surface area contributed by atoms with E-state index < -0.39 is 6.10 Å². The number of hydrogen-bond acceptors (Lipinski definition) is 7. The predicted molar refractivity (Wildman–Crippen MR) is 132 cm³/mol. The Labute approximate surface area is 204 Å². The molecular weight excluding hydrogens is 452 g/mol. The Hall–Kier alpha value is -2.26. The van der Waals surface area contributed by atoms with Crippen LogP contribution in [0.25, 0.3) is 10.9 Å². The first-order valence-electron chi connectivity index (χ1n) is 12.3. The van der Waals surface area contributed by atoms with Gasteiger partial charge >= 0.3 is 0 Å². The fourth-order valence-electron chi connectivity index (χ4n) is 5.61. The molecule has 3 fully saturated rings. The number of anilines is 2. The Morgan fingerprint density at radius 1 is 1.18 bits per heavy atom. The summed E-state index contributed by atoms with van der Waals surface area (Å²) < 4.78 is 7.58. The molecule has 34 heavy (non-hydrogen) atoms. The third kappa shape index (κ3) is 4.06. The van der Waals surface area contributed by atoms with E-state index in [2.05, 4.69) is 44.9 Å². The summed E-state index contributed by atoms with van der Waals surface area (Å²) in [7, 11) is 0. The number of piperidine rings is 1. The van der Waals surface area contributed by atoms with Crippen LogP contribution in [0.15, 0.2) is 24.5 Å². The average Bonchev–Trinajstić information content (AvgIpc) is 3.48. The van der Waals surface area contributed by atoms with Crippen molar-refractivity contribution < 1.29 is 9.84 Å². The monoisotopic (exact) mass is 482 g/mol. The number of aliphatic hydroxyl groups excluding tert-OH is 1. The zero-order chi connectivity index (χ0) is 23.4. The van der Waals surface area contributed by atoms with Crippen molar-refractivity contribution >= 4 is 34.1 Å². The Morgan fingerprint density at radius 3 is 2.76 bits per heavy atom. The summed E-state index contributed by atoms with van der Waals surface area (Å²) in [5, 5.41) is 19.8. The molecule has 8 nitrogen and oxygen atoms in total. The van der Waals surface area contributed by atoms with Gasteiger partial charge in [0.25, 0.3) is 0 Å². The minimum atomic E-state index is -0.397. The summed E-state index contributed by atoms with van der Waals surface area (Å²) in [6.45, 7) is 6.28. The zero-order valence-electron chi connectivity index (χ0n) is 19.6. The van der Waals surface area contributed by atoms with Gasteiger partial charge in [-0.15, -0.1) is 0 Å². The number of aromatic nitrogens is 4. The molecule has 1 aromatic carbocycles. The number of hydrogen-bond donors (Lipinski definition) is 2. The van der Waals surface area contributed by atoms with Crippen LogP contribution in [0.3, 0.4) is 0 Å². The number of nitrogens with one attached hydrogen (secondary N) is 1. The largest absolute Gasteiger partial charge is 0.389 e. The van der Waals surface area contributed by atoms with Gasteiger partial charge in [-0.2, -0.15) is 5.10 Å². The Balaban J connectivity index is 1.22. The molecule has 3 aliphatic rings. The summed E-state index contributed by atoms with van der Waals surface area (Å²) in [4.78, 5) is 11.7. The lowest BCUT2D eigenvalue weighted by Gasteiger charge is -2.42. The standard InChI is InChI=1S/C25H31ClN6O2/c1-14-7-16(5-6-31(14)23-12-34-13-24(23)33)19-9-21-17(8-20(19)26)10-27-25(29-21)30-22-11-28-32(15(22)2)18-3-4-18/h8-11,14,16,18,23-24,33H,3-7,12-13H2,1-2H3,(H,27,29,30)/t14-,16?,23+,24-/m0/s1. The SMILES string of the molecule is Cc1c(Nc2ncc3cc(Cl)c(C4CCN([C@@H]5COC[C@@H]5O)[C@@H](C)C4)cc3n2)cnn1C1CC1. The summed E-state index contributed by atoms with van der Waals surface area (Å²) in [5.41, 5.74) is 4.09. The maximum atomic E-state index is 10.3. The van der Waals surface area contributed by atoms with E-state index in [4.69, 9.17) is 21.3 Å². The van der Waals surface area contributed by atoms with Gasteiger partial charge in [-0.3, -0.25) is 9.58 Å². The maximum Gasteiger partial charge on any atom is 0.227 e. The number of likely N-dealkylation sites (tertiary alicyclic amines) is 1. The number of benzene rings is 1. The van der Waals surface area contributed by atoms with Gasteiger partial charge in [-0.1, -0.05) is 11.6 Å². The van der Waals surface area contributed by atoms with Gasteiger partial charge in [0.15, 0.2) is 0 Å². The molecule has 6 rings (SSSR count). The van der Waals surface area contributed by atoms with Crippen molar-refractivity contribution in [2.45, 2.75) is 69.7 Å². The van der Waals surface area contributed by atoms with Gasteiger partial charge in [0.1, 0.15) is 0 Å². The second kappa shape index (κ2) is 8.75. The Bertz CT molecular complexity index is 1210. The third-order valence-electron chi connectivity index (χ3n) is 7.70. The summed E-state index contributed by atoms with van der Waals surface area (Å²) in [6.07, 6.45) is 7.67. The Kier molecular flexibility index (Phi) is 5.72. The molecular formula is C25H31ClN6O2. The zero-order valence-corrected chi connectivity index (χ0v) is 20.4. The lowest BCUT2D eigenvalue weighted by Crippen LogP contribution is -2.51. The molecule has 2 saturated heterocycles. The number of halogens is 1. The van der Waals surface area contributed by atoms with Crippen LogP contribution in [0.2, 0.25) is 5.02 Å². The van der Waals surface area contributed by atoms with E-state index in [0.29, 0.717) is 37.2 Å². The predicted octanol–water partition coefficient (Wildman–Crippen LogP) is 4.19. The molecule has 2 N–H and O–H groups in total. The van der Waals surface area contributed by atoms with Crippen LogP contribution in [0.4, 0.5) is 11.6 Å². The van der Waals surface area contributed by atoms with Gasteiger partial charge < -0.3 is 15.2 Å². The molecule has 4 heterocycles. The molecule has 3 aromatic rings. The van der Waals surface area contributed by atoms with Crippen molar-refractivity contribution in [1.82, 2.24) is 24.6 Å². The van der Waals surface area contributed by atoms with Crippen LogP contribution in [-0.4, -0.2) is 67.7 Å². The van der Waals surface area contributed by atoms with Crippen LogP contribution in [0, 0.1) is 6.92 Å². The van der Waals surface area contributed by atoms with E-state index in [9.17, 15) is 5.11 Å². The van der Waals surface area contributed by atoms with Crippen molar-refractivity contribution in [3.63, 3.8) is 0 Å². The van der Waals surface area contributed by atoms with Crippen molar-refractivity contribution in [3.05, 3.63) is 40.8 Å². The van der Waals surface area contributed by atoms with Gasteiger partial charge in [-0.05, 0) is 69.7 Å². The molecule has 1 unspecified atom stereocenters. The van der Waals surface area contributed by atoms with Crippen LogP contribution >= 0.6 is 11.6 Å². The highest BCUT2D eigenvalue weighted by Crippen LogP contribution is 2.39. The summed E-state index contributed by atoms with van der Waals surface area (Å²) in [5.74, 6) is 0.922. The van der Waals surface area contributed by atoms with Gasteiger partial charge in [0.2, 0.25) is 5.95 Å². The lowest BCUT2D eigenvalue weighted by molar-refractivity contribution is 0.0352. The fraction of sp³-hybridized carbons (Fsp3) is 0.560. The molecule has 0 bridgehead atoms. The van der Waals surface area contributed by atoms with Crippen molar-refractivity contribution in [2.75, 3.05) is 25.1 Å². The van der Waals surface area contributed by atoms with E-state index in [0.717, 1.165) is 52.3 Å². The molecule has 1 aliphatic carbocycles. The molecule has 9 heteroatoms. The van der Waals surface area contributed by atoms with E-state index >= 15 is 0 Å². The molecule has 0 amide bonds. The van der Waals surface area contributed by atoms with E-state index in [-0.39, 0.29) is 6.04 Å². The smallest absolute Gasteiger partial charge is 0.227 e. The lowest BCUT2D eigenvalue weighted by atomic mass is 9.84. The summed E-state index contributed by atoms with van der Waals surface area (Å²) in [6, 6.07) is 5.09. The number of ether oxygens (including phenoxy) is 1. The van der Waals surface area contributed by atoms with Crippen LogP contribution in [-0.2, 0) is 4.74 Å². The van der Waals surface area contributed by atoms with Crippen LogP contribution in [0.5, 0.6) is 0 Å². The van der Waals surface area contributed by atoms with E-state index in [1.807, 2.05) is 18.5 Å². The minimum Gasteiger partial charge on any atom is -0.389 e. The van der Waals surface area contributed by atoms with Crippen molar-refractivity contribution in [2.24, 2.45) is 0 Å². The van der Waals surface area contributed by atoms with Gasteiger partial charge in [0.05, 0.1) is 54.5 Å². The number of nitrogens with zero attached hydrogens (tertiary/aromatic N) is 5. The van der Waals surface area contributed by atoms with Gasteiger partial charge in [0, 0.05) is 22.6 Å². The first-order chi connectivity index (χ1) is 16.5. The highest BCUT2D eigenvalue weighted by Gasteiger charge is 2.38. The molecule has 4 atom stereocenters. The molecule has 1 saturated carbocycles. The van der Waals surface area contributed by atoms with E-state index in [1.54, 1.807) is 0 Å². The number of aliphatic hydroxyl groups is 1. The number of fused-ring (bicyclic) bond motifs is 1. The topological polar surface area (TPSA) is 88.3 Å². The first-order valence-corrected chi connectivity index (χ1v) is 12.6. The molecule has 0 radical (unpaired) electrons. The van der Waals surface area contributed by atoms with Gasteiger partial charge in [-0.25, -0.2) is 9.97 Å². The van der Waals surface area contributed by atoms with Crippen molar-refractivity contribution in [3.8, 4) is 0 Å². The average molecular weight is 483 g/mol. The molecule has 0 spiro atoms. The molecule has 2 aliphatic heterocycles. The summed E-state index contributed by atoms with van der Waals surface area (Å²) >= 11 is 6.74. The normalized spacial score (nSPS) is 28.0. The fourth-order valence-corrected chi connectivity index (χ4v) is 5.93. The Morgan fingerprint density at radius 2 is 2.03 bits per heavy atom. The second-order valence-electron chi connectivity index (χ2n) is 10.1. The highest BCUT2D eigenvalue weighted by atomic mass is 35.5. The quantitative estimate of drug-likeness (QED) is 0.563. The first kappa shape index (κ1) is 22.2. The molecule has 180 valence electrons. The number of rotatable bonds is 5. The minimum absolute atomic E-state index is 0.0946. The second-order valence-corrected chi connectivity index (χ2v) is 10.5. The molecule has 2 aromatic heterocycles. The van der Waals surface area contributed by atoms with Crippen molar-refractivity contribution in [1.29, 1.82) is 0 Å². The van der Waals surface area contributed by atoms with Crippen LogP contribution in [0.1, 0.15) is 55.8 Å². The maximum absolute atomic E-state index is 10.3. The van der Waals surface area contributed by atoms with Crippen LogP contribution < -0.4 is 5.32 Å². The van der Waals surface area contributed by atoms with E-state index in [1.165, 1.54) is 12.8 Å².